The van der Waals surface area contributed by atoms with E-state index in [0.717, 1.165) is 12.8 Å². The van der Waals surface area contributed by atoms with Crippen LogP contribution in [0.1, 0.15) is 12.8 Å². The van der Waals surface area contributed by atoms with E-state index in [0.29, 0.717) is 4.47 Å². The molecular formula is C9H11BrN2O3S. The number of rotatable bonds is 4. The molecule has 5 nitrogen and oxygen atoms in total. The number of phenolic OH excluding ortho intramolecular Hbond substituents is 1. The van der Waals surface area contributed by atoms with Crippen LogP contribution in [0.4, 0.5) is 5.69 Å². The van der Waals surface area contributed by atoms with Gasteiger partial charge >= 0.3 is 0 Å². The van der Waals surface area contributed by atoms with Gasteiger partial charge in [-0.25, -0.2) is 0 Å². The van der Waals surface area contributed by atoms with Gasteiger partial charge in [-0.15, -0.1) is 0 Å². The zero-order chi connectivity index (χ0) is 11.8. The summed E-state index contributed by atoms with van der Waals surface area (Å²) < 4.78 is 28.3. The zero-order valence-corrected chi connectivity index (χ0v) is 10.7. The number of hydrogen-bond acceptors (Lipinski definition) is 3. The summed E-state index contributed by atoms with van der Waals surface area (Å²) in [5, 5.41) is 9.61. The van der Waals surface area contributed by atoms with E-state index >= 15 is 0 Å². The van der Waals surface area contributed by atoms with Crippen molar-refractivity contribution in [2.45, 2.75) is 18.9 Å². The lowest BCUT2D eigenvalue weighted by Crippen LogP contribution is -2.31. The van der Waals surface area contributed by atoms with E-state index in [-0.39, 0.29) is 17.5 Å². The number of hydrogen-bond donors (Lipinski definition) is 3. The van der Waals surface area contributed by atoms with Crippen LogP contribution < -0.4 is 9.44 Å². The maximum atomic E-state index is 11.6. The molecule has 0 bridgehead atoms. The molecule has 16 heavy (non-hydrogen) atoms. The summed E-state index contributed by atoms with van der Waals surface area (Å²) in [6, 6.07) is 4.79. The van der Waals surface area contributed by atoms with E-state index in [2.05, 4.69) is 25.4 Å². The Morgan fingerprint density at radius 2 is 2.06 bits per heavy atom. The van der Waals surface area contributed by atoms with E-state index in [1.807, 2.05) is 0 Å². The minimum atomic E-state index is -3.59. The summed E-state index contributed by atoms with van der Waals surface area (Å²) in [7, 11) is -3.59. The van der Waals surface area contributed by atoms with E-state index in [4.69, 9.17) is 0 Å². The summed E-state index contributed by atoms with van der Waals surface area (Å²) in [5.74, 6) is -0.122. The average Bonchev–Trinajstić information content (AvgIpc) is 2.95. The molecule has 88 valence electrons. The maximum absolute atomic E-state index is 11.6. The lowest BCUT2D eigenvalue weighted by atomic mass is 10.3. The summed E-state index contributed by atoms with van der Waals surface area (Å²) in [5.41, 5.74) is 0.155. The molecule has 0 amide bonds. The number of halogens is 1. The summed E-state index contributed by atoms with van der Waals surface area (Å²) in [4.78, 5) is 0. The third kappa shape index (κ3) is 2.87. The predicted molar refractivity (Wildman–Crippen MR) is 64.5 cm³/mol. The lowest BCUT2D eigenvalue weighted by Gasteiger charge is -2.10. The van der Waals surface area contributed by atoms with Gasteiger partial charge < -0.3 is 5.11 Å². The third-order valence-electron chi connectivity index (χ3n) is 2.13. The van der Waals surface area contributed by atoms with Gasteiger partial charge in [0, 0.05) is 6.04 Å². The fraction of sp³-hybridized carbons (Fsp3) is 0.333. The molecule has 0 spiro atoms. The first kappa shape index (κ1) is 11.7. The fourth-order valence-corrected chi connectivity index (χ4v) is 2.75. The number of benzene rings is 1. The second-order valence-corrected chi connectivity index (χ2v) is 5.93. The molecule has 3 N–H and O–H groups in total. The Bertz CT molecular complexity index is 499. The molecule has 1 aromatic rings. The largest absolute Gasteiger partial charge is 0.505 e. The van der Waals surface area contributed by atoms with Crippen LogP contribution in [0.5, 0.6) is 5.75 Å². The molecular weight excluding hydrogens is 296 g/mol. The van der Waals surface area contributed by atoms with Gasteiger partial charge in [-0.3, -0.25) is 4.72 Å². The Kier molecular flexibility index (Phi) is 3.09. The normalized spacial score (nSPS) is 16.1. The van der Waals surface area contributed by atoms with Crippen molar-refractivity contribution in [3.63, 3.8) is 0 Å². The van der Waals surface area contributed by atoms with Crippen LogP contribution in [0.15, 0.2) is 22.7 Å². The van der Waals surface area contributed by atoms with E-state index in [9.17, 15) is 13.5 Å². The van der Waals surface area contributed by atoms with Gasteiger partial charge in [0.15, 0.2) is 5.75 Å². The smallest absolute Gasteiger partial charge is 0.299 e. The highest BCUT2D eigenvalue weighted by Crippen LogP contribution is 2.32. The van der Waals surface area contributed by atoms with Crippen LogP contribution in [0, 0.1) is 0 Å². The first-order chi connectivity index (χ1) is 7.48. The van der Waals surface area contributed by atoms with Crippen LogP contribution in [0.2, 0.25) is 0 Å². The molecule has 2 rings (SSSR count). The quantitative estimate of drug-likeness (QED) is 0.739. The van der Waals surface area contributed by atoms with Crippen LogP contribution in [-0.4, -0.2) is 19.6 Å². The van der Waals surface area contributed by atoms with Crippen molar-refractivity contribution in [2.24, 2.45) is 0 Å². The SMILES string of the molecule is O=S(=O)(Nc1cccc(Br)c1O)NC1CC1. The summed E-state index contributed by atoms with van der Waals surface area (Å²) >= 11 is 3.11. The number of para-hydroxylation sites is 1. The minimum absolute atomic E-state index is 0.0341. The van der Waals surface area contributed by atoms with Crippen molar-refractivity contribution in [1.29, 1.82) is 0 Å². The second-order valence-electron chi connectivity index (χ2n) is 3.63. The van der Waals surface area contributed by atoms with Gasteiger partial charge in [-0.2, -0.15) is 13.1 Å². The van der Waals surface area contributed by atoms with Crippen molar-refractivity contribution in [1.82, 2.24) is 4.72 Å². The fourth-order valence-electron chi connectivity index (χ4n) is 1.19. The minimum Gasteiger partial charge on any atom is -0.505 e. The summed E-state index contributed by atoms with van der Waals surface area (Å²) in [6.45, 7) is 0. The number of aromatic hydroxyl groups is 1. The molecule has 7 heteroatoms. The molecule has 1 saturated carbocycles. The van der Waals surface area contributed by atoms with Crippen molar-refractivity contribution in [3.8, 4) is 5.75 Å². The van der Waals surface area contributed by atoms with Gasteiger partial charge in [0.2, 0.25) is 0 Å². The Morgan fingerprint density at radius 1 is 1.38 bits per heavy atom. The topological polar surface area (TPSA) is 78.4 Å². The Morgan fingerprint density at radius 3 is 2.69 bits per heavy atom. The Balaban J connectivity index is 2.16. The van der Waals surface area contributed by atoms with Crippen LogP contribution in [0.3, 0.4) is 0 Å². The molecule has 0 unspecified atom stereocenters. The van der Waals surface area contributed by atoms with Gasteiger partial charge in [0.25, 0.3) is 10.2 Å². The van der Waals surface area contributed by atoms with Gasteiger partial charge in [0.05, 0.1) is 10.2 Å². The molecule has 1 fully saturated rings. The lowest BCUT2D eigenvalue weighted by molar-refractivity contribution is 0.474. The average molecular weight is 307 g/mol. The molecule has 1 aliphatic rings. The monoisotopic (exact) mass is 306 g/mol. The number of anilines is 1. The molecule has 1 aromatic carbocycles. The molecule has 0 aromatic heterocycles. The molecule has 0 heterocycles. The van der Waals surface area contributed by atoms with Crippen molar-refractivity contribution < 1.29 is 13.5 Å². The van der Waals surface area contributed by atoms with Crippen LogP contribution in [0.25, 0.3) is 0 Å². The highest BCUT2D eigenvalue weighted by molar-refractivity contribution is 9.10. The molecule has 0 aliphatic heterocycles. The third-order valence-corrected chi connectivity index (χ3v) is 3.90. The molecule has 0 saturated heterocycles. The van der Waals surface area contributed by atoms with Gasteiger partial charge in [0.1, 0.15) is 0 Å². The van der Waals surface area contributed by atoms with Crippen LogP contribution in [-0.2, 0) is 10.2 Å². The number of phenols is 1. The van der Waals surface area contributed by atoms with Crippen molar-refractivity contribution in [3.05, 3.63) is 22.7 Å². The number of nitrogens with one attached hydrogen (secondary N) is 2. The standard InChI is InChI=1S/C9H11BrN2O3S/c10-7-2-1-3-8(9(7)13)12-16(14,15)11-6-4-5-6/h1-3,6,11-13H,4-5H2. The van der Waals surface area contributed by atoms with Crippen molar-refractivity contribution in [2.75, 3.05) is 4.72 Å². The van der Waals surface area contributed by atoms with Gasteiger partial charge in [-0.05, 0) is 40.9 Å². The van der Waals surface area contributed by atoms with Crippen molar-refractivity contribution >= 4 is 31.8 Å². The highest BCUT2D eigenvalue weighted by atomic mass is 79.9. The molecule has 0 radical (unpaired) electrons. The first-order valence-electron chi connectivity index (χ1n) is 4.75. The Labute approximate surface area is 102 Å². The van der Waals surface area contributed by atoms with E-state index in [1.54, 1.807) is 12.1 Å². The second kappa shape index (κ2) is 4.23. The maximum Gasteiger partial charge on any atom is 0.299 e. The van der Waals surface area contributed by atoms with E-state index < -0.39 is 10.2 Å². The molecule has 0 atom stereocenters. The predicted octanol–water partition coefficient (Wildman–Crippen LogP) is 1.56. The molecule has 1 aliphatic carbocycles. The highest BCUT2D eigenvalue weighted by Gasteiger charge is 2.27. The summed E-state index contributed by atoms with van der Waals surface area (Å²) in [6.07, 6.45) is 1.73. The first-order valence-corrected chi connectivity index (χ1v) is 7.03. The van der Waals surface area contributed by atoms with Gasteiger partial charge in [-0.1, -0.05) is 6.07 Å². The van der Waals surface area contributed by atoms with Crippen LogP contribution >= 0.6 is 15.9 Å². The zero-order valence-electron chi connectivity index (χ0n) is 8.27. The Hall–Kier alpha value is -0.790. The van der Waals surface area contributed by atoms with E-state index in [1.165, 1.54) is 6.07 Å².